The normalized spacial score (nSPS) is 15.1. The van der Waals surface area contributed by atoms with E-state index in [1.165, 1.54) is 4.31 Å². The van der Waals surface area contributed by atoms with Crippen LogP contribution in [0.5, 0.6) is 11.5 Å². The van der Waals surface area contributed by atoms with Gasteiger partial charge in [0.15, 0.2) is 11.5 Å². The van der Waals surface area contributed by atoms with E-state index < -0.39 is 15.9 Å². The minimum Gasteiger partial charge on any atom is -0.454 e. The summed E-state index contributed by atoms with van der Waals surface area (Å²) in [7, 11) is -3.87. The molecule has 2 aliphatic rings. The number of fused-ring (bicyclic) bond motifs is 4. The molecule has 5 rings (SSSR count). The van der Waals surface area contributed by atoms with Crippen molar-refractivity contribution in [2.24, 2.45) is 0 Å². The number of nitrogens with one attached hydrogen (secondary N) is 1. The number of ether oxygens (including phenoxy) is 2. The molecule has 2 heterocycles. The Hall–Kier alpha value is -3.52. The molecule has 0 atom stereocenters. The van der Waals surface area contributed by atoms with Crippen LogP contribution in [0.25, 0.3) is 11.1 Å². The minimum atomic E-state index is -3.87. The number of aryl methyl sites for hydroxylation is 1. The fourth-order valence-electron chi connectivity index (χ4n) is 4.01. The number of rotatable bonds is 5. The van der Waals surface area contributed by atoms with Crippen LogP contribution in [0.15, 0.2) is 65.6 Å². The average molecular weight is 451 g/mol. The Morgan fingerprint density at radius 2 is 1.75 bits per heavy atom. The monoisotopic (exact) mass is 450 g/mol. The first kappa shape index (κ1) is 20.4. The molecule has 0 aliphatic carbocycles. The lowest BCUT2D eigenvalue weighted by atomic mass is 9.99. The number of nitrogens with zero attached hydrogens (tertiary/aromatic N) is 1. The Morgan fingerprint density at radius 1 is 0.969 bits per heavy atom. The summed E-state index contributed by atoms with van der Waals surface area (Å²) >= 11 is 0. The molecule has 0 aromatic heterocycles. The van der Waals surface area contributed by atoms with Crippen LogP contribution < -0.4 is 19.1 Å². The molecule has 1 amide bonds. The van der Waals surface area contributed by atoms with Gasteiger partial charge in [-0.2, -0.15) is 0 Å². The topological polar surface area (TPSA) is 84.9 Å². The Kier molecular flexibility index (Phi) is 5.01. The van der Waals surface area contributed by atoms with Gasteiger partial charge >= 0.3 is 0 Å². The molecule has 0 unspecified atom stereocenters. The molecule has 3 aromatic carbocycles. The highest BCUT2D eigenvalue weighted by Gasteiger charge is 2.35. The molecule has 8 heteroatoms. The zero-order valence-electron chi connectivity index (χ0n) is 17.5. The van der Waals surface area contributed by atoms with Crippen LogP contribution in [-0.4, -0.2) is 27.7 Å². The largest absolute Gasteiger partial charge is 0.454 e. The molecule has 0 spiro atoms. The summed E-state index contributed by atoms with van der Waals surface area (Å²) in [4.78, 5) is 13.0. The maximum atomic E-state index is 13.4. The molecule has 164 valence electrons. The zero-order chi connectivity index (χ0) is 22.3. The van der Waals surface area contributed by atoms with Crippen LogP contribution in [0.1, 0.15) is 18.1 Å². The van der Waals surface area contributed by atoms with Crippen molar-refractivity contribution in [1.29, 1.82) is 0 Å². The van der Waals surface area contributed by atoms with E-state index in [1.807, 2.05) is 30.3 Å². The zero-order valence-corrected chi connectivity index (χ0v) is 18.3. The van der Waals surface area contributed by atoms with Crippen LogP contribution in [0.3, 0.4) is 0 Å². The standard InChI is InChI=1S/C24H22N2O5S/c1-2-16-7-9-20-19(11-16)18-5-3-4-6-23(18)32(28,29)26(20)14-24(27)25-13-17-8-10-21-22(12-17)31-15-30-21/h3-12H,2,13-15H2,1H3,(H,25,27). The van der Waals surface area contributed by atoms with Crippen molar-refractivity contribution >= 4 is 21.6 Å². The van der Waals surface area contributed by atoms with Gasteiger partial charge in [-0.05, 0) is 47.9 Å². The van der Waals surface area contributed by atoms with Gasteiger partial charge in [0.2, 0.25) is 12.7 Å². The molecule has 0 radical (unpaired) electrons. The van der Waals surface area contributed by atoms with E-state index in [4.69, 9.17) is 9.47 Å². The molecule has 7 nitrogen and oxygen atoms in total. The molecule has 0 saturated carbocycles. The predicted octanol–water partition coefficient (Wildman–Crippen LogP) is 3.47. The quantitative estimate of drug-likeness (QED) is 0.644. The number of hydrogen-bond donors (Lipinski definition) is 1. The van der Waals surface area contributed by atoms with Gasteiger partial charge in [-0.3, -0.25) is 9.10 Å². The number of hydrogen-bond acceptors (Lipinski definition) is 5. The van der Waals surface area contributed by atoms with Gasteiger partial charge in [-0.15, -0.1) is 0 Å². The Bertz CT molecular complexity index is 1320. The van der Waals surface area contributed by atoms with E-state index in [1.54, 1.807) is 30.3 Å². The van der Waals surface area contributed by atoms with Crippen molar-refractivity contribution in [2.75, 3.05) is 17.6 Å². The van der Waals surface area contributed by atoms with E-state index in [0.29, 0.717) is 22.7 Å². The second-order valence-corrected chi connectivity index (χ2v) is 9.51. The van der Waals surface area contributed by atoms with Gasteiger partial charge < -0.3 is 14.8 Å². The number of amides is 1. The van der Waals surface area contributed by atoms with Crippen LogP contribution in [0.4, 0.5) is 5.69 Å². The Balaban J connectivity index is 1.41. The van der Waals surface area contributed by atoms with Crippen LogP contribution >= 0.6 is 0 Å². The van der Waals surface area contributed by atoms with Gasteiger partial charge in [-0.25, -0.2) is 8.42 Å². The Morgan fingerprint density at radius 3 is 2.59 bits per heavy atom. The average Bonchev–Trinajstić information content (AvgIpc) is 3.28. The van der Waals surface area contributed by atoms with Crippen molar-refractivity contribution in [1.82, 2.24) is 5.32 Å². The lowest BCUT2D eigenvalue weighted by Crippen LogP contribution is -2.42. The van der Waals surface area contributed by atoms with Gasteiger partial charge in [0.1, 0.15) is 6.54 Å². The van der Waals surface area contributed by atoms with E-state index >= 15 is 0 Å². The van der Waals surface area contributed by atoms with Crippen LogP contribution in [0.2, 0.25) is 0 Å². The van der Waals surface area contributed by atoms with E-state index in [0.717, 1.165) is 23.1 Å². The van der Waals surface area contributed by atoms with Crippen LogP contribution in [0, 0.1) is 0 Å². The summed E-state index contributed by atoms with van der Waals surface area (Å²) < 4.78 is 38.6. The fourth-order valence-corrected chi connectivity index (χ4v) is 5.66. The third-order valence-electron chi connectivity index (χ3n) is 5.70. The summed E-state index contributed by atoms with van der Waals surface area (Å²) in [6.45, 7) is 2.18. The van der Waals surface area contributed by atoms with E-state index in [-0.39, 0.29) is 24.8 Å². The summed E-state index contributed by atoms with van der Waals surface area (Å²) in [5.74, 6) is 0.907. The lowest BCUT2D eigenvalue weighted by Gasteiger charge is -2.32. The highest BCUT2D eigenvalue weighted by Crippen LogP contribution is 2.43. The molecule has 2 aliphatic heterocycles. The molecule has 0 bridgehead atoms. The van der Waals surface area contributed by atoms with Gasteiger partial charge in [0.25, 0.3) is 10.0 Å². The SMILES string of the molecule is CCc1ccc2c(c1)-c1ccccc1S(=O)(=O)N2CC(=O)NCc1ccc2c(c1)OCO2. The molecule has 0 saturated heterocycles. The maximum Gasteiger partial charge on any atom is 0.265 e. The number of benzene rings is 3. The maximum absolute atomic E-state index is 13.4. The Labute approximate surface area is 186 Å². The summed E-state index contributed by atoms with van der Waals surface area (Å²) in [6.07, 6.45) is 0.832. The smallest absolute Gasteiger partial charge is 0.265 e. The number of sulfonamides is 1. The molecule has 0 fully saturated rings. The molecular formula is C24H22N2O5S. The third kappa shape index (κ3) is 3.46. The third-order valence-corrected chi connectivity index (χ3v) is 7.51. The summed E-state index contributed by atoms with van der Waals surface area (Å²) in [5.41, 5.74) is 3.93. The summed E-state index contributed by atoms with van der Waals surface area (Å²) in [5, 5.41) is 2.81. The van der Waals surface area contributed by atoms with Crippen molar-refractivity contribution < 1.29 is 22.7 Å². The first-order valence-corrected chi connectivity index (χ1v) is 11.8. The molecule has 32 heavy (non-hydrogen) atoms. The van der Waals surface area contributed by atoms with Crippen molar-refractivity contribution in [3.8, 4) is 22.6 Å². The van der Waals surface area contributed by atoms with Gasteiger partial charge in [0.05, 0.1) is 10.6 Å². The number of anilines is 1. The highest BCUT2D eigenvalue weighted by molar-refractivity contribution is 7.93. The number of carbonyl (C=O) groups is 1. The summed E-state index contributed by atoms with van der Waals surface area (Å²) in [6, 6.07) is 18.0. The van der Waals surface area contributed by atoms with E-state index in [2.05, 4.69) is 12.2 Å². The second kappa shape index (κ2) is 7.87. The van der Waals surface area contributed by atoms with Crippen molar-refractivity contribution in [2.45, 2.75) is 24.8 Å². The van der Waals surface area contributed by atoms with Crippen molar-refractivity contribution in [3.63, 3.8) is 0 Å². The minimum absolute atomic E-state index is 0.179. The lowest BCUT2D eigenvalue weighted by molar-refractivity contribution is -0.119. The van der Waals surface area contributed by atoms with Gasteiger partial charge in [0, 0.05) is 17.7 Å². The molecule has 1 N–H and O–H groups in total. The van der Waals surface area contributed by atoms with Crippen LogP contribution in [-0.2, 0) is 27.8 Å². The first-order chi connectivity index (χ1) is 15.5. The first-order valence-electron chi connectivity index (χ1n) is 10.4. The van der Waals surface area contributed by atoms with E-state index in [9.17, 15) is 13.2 Å². The number of carbonyl (C=O) groups excluding carboxylic acids is 1. The van der Waals surface area contributed by atoms with Gasteiger partial charge in [-0.1, -0.05) is 37.3 Å². The fraction of sp³-hybridized carbons (Fsp3) is 0.208. The highest BCUT2D eigenvalue weighted by atomic mass is 32.2. The predicted molar refractivity (Wildman–Crippen MR) is 120 cm³/mol. The molecular weight excluding hydrogens is 428 g/mol. The second-order valence-electron chi connectivity index (χ2n) is 7.68. The van der Waals surface area contributed by atoms with Crippen molar-refractivity contribution in [3.05, 3.63) is 71.8 Å². The molecule has 3 aromatic rings.